The molecule has 2 amide bonds. The highest BCUT2D eigenvalue weighted by Crippen LogP contribution is 2.38. The summed E-state index contributed by atoms with van der Waals surface area (Å²) in [6, 6.07) is 9.79. The zero-order chi connectivity index (χ0) is 15.8. The number of carbonyl (C=O) groups excluding carboxylic acids is 1. The normalized spacial score (nSPS) is 19.3. The topological polar surface area (TPSA) is 50.6 Å². The molecule has 1 unspecified atom stereocenters. The molecule has 0 aliphatic carbocycles. The average Bonchev–Trinajstić information content (AvgIpc) is 3.09. The molecule has 6 nitrogen and oxygen atoms in total. The minimum absolute atomic E-state index is 0.0526. The molecule has 1 aromatic heterocycles. The van der Waals surface area contributed by atoms with Gasteiger partial charge in [0.05, 0.1) is 31.5 Å². The van der Waals surface area contributed by atoms with Crippen LogP contribution in [0.2, 0.25) is 0 Å². The van der Waals surface area contributed by atoms with Crippen LogP contribution in [-0.4, -0.2) is 36.7 Å². The summed E-state index contributed by atoms with van der Waals surface area (Å²) in [5, 5.41) is 6.00. The summed E-state index contributed by atoms with van der Waals surface area (Å²) in [7, 11) is 0. The van der Waals surface area contributed by atoms with Gasteiger partial charge >= 0.3 is 6.03 Å². The number of rotatable bonds is 5. The number of hydroxylamine groups is 2. The second-order valence-electron chi connectivity index (χ2n) is 5.72. The van der Waals surface area contributed by atoms with Crippen LogP contribution in [0.5, 0.6) is 0 Å². The fourth-order valence-electron chi connectivity index (χ4n) is 3.18. The van der Waals surface area contributed by atoms with Crippen molar-refractivity contribution in [1.29, 1.82) is 0 Å². The Morgan fingerprint density at radius 1 is 1.30 bits per heavy atom. The quantitative estimate of drug-likeness (QED) is 0.548. The Balaban J connectivity index is 1.55. The van der Waals surface area contributed by atoms with Crippen LogP contribution in [0, 0.1) is 0 Å². The molecule has 1 fully saturated rings. The zero-order valence-corrected chi connectivity index (χ0v) is 14.7. The van der Waals surface area contributed by atoms with Gasteiger partial charge in [0.25, 0.3) is 0 Å². The number of halogens is 1. The Hall–Kier alpha value is -1.61. The number of nitrogens with zero attached hydrogens (tertiary/aromatic N) is 4. The van der Waals surface area contributed by atoms with E-state index in [0.717, 1.165) is 27.8 Å². The number of benzene rings is 1. The van der Waals surface area contributed by atoms with Gasteiger partial charge in [0, 0.05) is 9.99 Å². The zero-order valence-electron chi connectivity index (χ0n) is 12.6. The third-order valence-corrected chi connectivity index (χ3v) is 4.81. The van der Waals surface area contributed by atoms with E-state index in [1.165, 1.54) is 5.06 Å². The SMILES string of the molecule is O=C1N2Cc3c(cnn3CCI)C(C2)N1OCc1ccccc1. The minimum atomic E-state index is -0.0575. The monoisotopic (exact) mass is 424 g/mol. The first-order chi connectivity index (χ1) is 11.3. The summed E-state index contributed by atoms with van der Waals surface area (Å²) in [5.41, 5.74) is 3.31. The second-order valence-corrected chi connectivity index (χ2v) is 6.80. The van der Waals surface area contributed by atoms with Crippen molar-refractivity contribution in [2.24, 2.45) is 0 Å². The van der Waals surface area contributed by atoms with Crippen molar-refractivity contribution >= 4 is 28.6 Å². The van der Waals surface area contributed by atoms with E-state index in [4.69, 9.17) is 4.84 Å². The van der Waals surface area contributed by atoms with Crippen molar-refractivity contribution in [3.8, 4) is 0 Å². The third kappa shape index (κ3) is 2.61. The lowest BCUT2D eigenvalue weighted by Crippen LogP contribution is -2.31. The van der Waals surface area contributed by atoms with Crippen molar-refractivity contribution in [1.82, 2.24) is 19.7 Å². The second kappa shape index (κ2) is 6.12. The fourth-order valence-corrected chi connectivity index (χ4v) is 3.64. The van der Waals surface area contributed by atoms with Crippen molar-refractivity contribution < 1.29 is 9.63 Å². The standard InChI is InChI=1S/C16H17IN4O2/c17-6-7-20-14-9-19-10-15(13(14)8-18-20)21(16(19)22)23-11-12-4-2-1-3-5-12/h1-5,8,15H,6-7,9-11H2. The van der Waals surface area contributed by atoms with Gasteiger partial charge in [0.1, 0.15) is 12.6 Å². The van der Waals surface area contributed by atoms with Crippen LogP contribution in [0.1, 0.15) is 22.9 Å². The summed E-state index contributed by atoms with van der Waals surface area (Å²) in [6.07, 6.45) is 1.89. The summed E-state index contributed by atoms with van der Waals surface area (Å²) >= 11 is 2.34. The molecule has 2 bridgehead atoms. The van der Waals surface area contributed by atoms with Crippen LogP contribution in [0.15, 0.2) is 36.5 Å². The Morgan fingerprint density at radius 3 is 2.91 bits per heavy atom. The van der Waals surface area contributed by atoms with Crippen LogP contribution < -0.4 is 0 Å². The molecule has 1 atom stereocenters. The van der Waals surface area contributed by atoms with E-state index in [-0.39, 0.29) is 12.1 Å². The molecule has 2 aromatic rings. The molecule has 0 spiro atoms. The first-order valence-electron chi connectivity index (χ1n) is 7.63. The maximum absolute atomic E-state index is 12.5. The summed E-state index contributed by atoms with van der Waals surface area (Å²) in [4.78, 5) is 20.2. The van der Waals surface area contributed by atoms with Crippen molar-refractivity contribution in [2.45, 2.75) is 25.7 Å². The number of hydrogen-bond donors (Lipinski definition) is 0. The summed E-state index contributed by atoms with van der Waals surface area (Å²) in [5.74, 6) is 0. The molecule has 2 aliphatic rings. The first-order valence-corrected chi connectivity index (χ1v) is 9.16. The van der Waals surface area contributed by atoms with Crippen molar-refractivity contribution in [2.75, 3.05) is 11.0 Å². The number of amides is 2. The number of hydrogen-bond acceptors (Lipinski definition) is 3. The highest BCUT2D eigenvalue weighted by atomic mass is 127. The van der Waals surface area contributed by atoms with Crippen LogP contribution in [0.4, 0.5) is 4.79 Å². The summed E-state index contributed by atoms with van der Waals surface area (Å²) in [6.45, 7) is 2.56. The molecular formula is C16H17IN4O2. The maximum atomic E-state index is 12.5. The van der Waals surface area contributed by atoms with E-state index in [1.807, 2.05) is 46.1 Å². The van der Waals surface area contributed by atoms with Gasteiger partial charge in [-0.05, 0) is 5.56 Å². The Kier molecular flexibility index (Phi) is 3.98. The lowest BCUT2D eigenvalue weighted by atomic mass is 10.1. The molecule has 0 radical (unpaired) electrons. The van der Waals surface area contributed by atoms with Crippen molar-refractivity contribution in [3.05, 3.63) is 53.3 Å². The number of urea groups is 1. The highest BCUT2D eigenvalue weighted by molar-refractivity contribution is 14.1. The van der Waals surface area contributed by atoms with E-state index in [2.05, 4.69) is 27.7 Å². The molecule has 2 aliphatic heterocycles. The number of aromatic nitrogens is 2. The Bertz CT molecular complexity index is 718. The van der Waals surface area contributed by atoms with Gasteiger partial charge in [0.2, 0.25) is 0 Å². The Labute approximate surface area is 148 Å². The molecule has 4 rings (SSSR count). The van der Waals surface area contributed by atoms with Crippen molar-refractivity contribution in [3.63, 3.8) is 0 Å². The molecule has 0 N–H and O–H groups in total. The molecule has 23 heavy (non-hydrogen) atoms. The first kappa shape index (κ1) is 14.9. The predicted molar refractivity (Wildman–Crippen MR) is 92.7 cm³/mol. The minimum Gasteiger partial charge on any atom is -0.314 e. The van der Waals surface area contributed by atoms with Gasteiger partial charge in [-0.1, -0.05) is 52.9 Å². The number of aryl methyl sites for hydroxylation is 1. The van der Waals surface area contributed by atoms with E-state index in [0.29, 0.717) is 19.7 Å². The Morgan fingerprint density at radius 2 is 2.13 bits per heavy atom. The molecule has 7 heteroatoms. The van der Waals surface area contributed by atoms with Gasteiger partial charge in [0.15, 0.2) is 0 Å². The number of carbonyl (C=O) groups is 1. The molecule has 3 heterocycles. The smallest absolute Gasteiger partial charge is 0.314 e. The van der Waals surface area contributed by atoms with Crippen LogP contribution >= 0.6 is 22.6 Å². The number of alkyl halides is 1. The highest BCUT2D eigenvalue weighted by Gasteiger charge is 2.45. The molecule has 1 saturated heterocycles. The van der Waals surface area contributed by atoms with Crippen LogP contribution in [-0.2, 0) is 24.5 Å². The molecule has 120 valence electrons. The van der Waals surface area contributed by atoms with Gasteiger partial charge in [-0.15, -0.1) is 0 Å². The third-order valence-electron chi connectivity index (χ3n) is 4.33. The summed E-state index contributed by atoms with van der Waals surface area (Å²) < 4.78 is 3.01. The van der Waals surface area contributed by atoms with Crippen LogP contribution in [0.25, 0.3) is 0 Å². The van der Waals surface area contributed by atoms with Crippen LogP contribution in [0.3, 0.4) is 0 Å². The fraction of sp³-hybridized carbons (Fsp3) is 0.375. The average molecular weight is 424 g/mol. The van der Waals surface area contributed by atoms with Gasteiger partial charge in [-0.2, -0.15) is 10.2 Å². The lowest BCUT2D eigenvalue weighted by Gasteiger charge is -2.23. The van der Waals surface area contributed by atoms with Gasteiger partial charge in [-0.3, -0.25) is 9.52 Å². The lowest BCUT2D eigenvalue weighted by molar-refractivity contribution is -0.141. The predicted octanol–water partition coefficient (Wildman–Crippen LogP) is 2.74. The largest absolute Gasteiger partial charge is 0.345 e. The maximum Gasteiger partial charge on any atom is 0.345 e. The van der Waals surface area contributed by atoms with E-state index >= 15 is 0 Å². The van der Waals surface area contributed by atoms with Gasteiger partial charge in [-0.25, -0.2) is 4.79 Å². The molecular weight excluding hydrogens is 407 g/mol. The molecule has 1 aromatic carbocycles. The van der Waals surface area contributed by atoms with E-state index in [9.17, 15) is 4.79 Å². The van der Waals surface area contributed by atoms with Gasteiger partial charge < -0.3 is 4.90 Å². The number of fused-ring (bicyclic) bond motifs is 4. The molecule has 0 saturated carbocycles. The van der Waals surface area contributed by atoms with E-state index < -0.39 is 0 Å². The van der Waals surface area contributed by atoms with E-state index in [1.54, 1.807) is 0 Å².